The number of hydrogen-bond acceptors (Lipinski definition) is 4. The van der Waals surface area contributed by atoms with E-state index in [1.807, 2.05) is 13.8 Å². The highest BCUT2D eigenvalue weighted by Crippen LogP contribution is 2.02. The standard InChI is InChI=1S/C11H21NO4/c1-5-16-11(14)6-7-12(9(2)3)10(13)8-15-4/h9H,5-8H2,1-4H3. The molecule has 0 rings (SSSR count). The summed E-state index contributed by atoms with van der Waals surface area (Å²) >= 11 is 0. The lowest BCUT2D eigenvalue weighted by atomic mass is 10.3. The van der Waals surface area contributed by atoms with Crippen LogP contribution < -0.4 is 0 Å². The Bertz CT molecular complexity index is 228. The predicted molar refractivity (Wildman–Crippen MR) is 60.0 cm³/mol. The molecule has 0 unspecified atom stereocenters. The Morgan fingerprint density at radius 3 is 2.38 bits per heavy atom. The van der Waals surface area contributed by atoms with Crippen LogP contribution in [0.15, 0.2) is 0 Å². The van der Waals surface area contributed by atoms with Crippen LogP contribution in [-0.2, 0) is 19.1 Å². The van der Waals surface area contributed by atoms with E-state index in [0.717, 1.165) is 0 Å². The average molecular weight is 231 g/mol. The van der Waals surface area contributed by atoms with Crippen LogP contribution in [0.3, 0.4) is 0 Å². The number of hydrogen-bond donors (Lipinski definition) is 0. The van der Waals surface area contributed by atoms with Crippen molar-refractivity contribution < 1.29 is 19.1 Å². The Morgan fingerprint density at radius 1 is 1.31 bits per heavy atom. The van der Waals surface area contributed by atoms with Gasteiger partial charge in [-0.3, -0.25) is 9.59 Å². The van der Waals surface area contributed by atoms with Gasteiger partial charge in [0.1, 0.15) is 6.61 Å². The molecule has 16 heavy (non-hydrogen) atoms. The number of carbonyl (C=O) groups is 2. The number of ether oxygens (including phenoxy) is 2. The minimum Gasteiger partial charge on any atom is -0.466 e. The van der Waals surface area contributed by atoms with E-state index in [1.54, 1.807) is 11.8 Å². The lowest BCUT2D eigenvalue weighted by Crippen LogP contribution is -2.40. The first-order valence-corrected chi connectivity index (χ1v) is 5.46. The van der Waals surface area contributed by atoms with Gasteiger partial charge in [0.05, 0.1) is 13.0 Å². The number of nitrogens with zero attached hydrogens (tertiary/aromatic N) is 1. The molecule has 0 aromatic heterocycles. The number of amides is 1. The third-order valence-electron chi connectivity index (χ3n) is 2.07. The molecule has 0 aliphatic heterocycles. The van der Waals surface area contributed by atoms with Gasteiger partial charge in [-0.15, -0.1) is 0 Å². The molecule has 0 atom stereocenters. The van der Waals surface area contributed by atoms with E-state index in [9.17, 15) is 9.59 Å². The van der Waals surface area contributed by atoms with Gasteiger partial charge >= 0.3 is 5.97 Å². The van der Waals surface area contributed by atoms with Crippen LogP contribution in [0, 0.1) is 0 Å². The molecule has 5 heteroatoms. The van der Waals surface area contributed by atoms with Crippen LogP contribution >= 0.6 is 0 Å². The predicted octanol–water partition coefficient (Wildman–Crippen LogP) is 0.823. The summed E-state index contributed by atoms with van der Waals surface area (Å²) in [6.07, 6.45) is 0.224. The van der Waals surface area contributed by atoms with Gasteiger partial charge in [0.25, 0.3) is 0 Å². The number of carbonyl (C=O) groups excluding carboxylic acids is 2. The molecule has 0 saturated carbocycles. The van der Waals surface area contributed by atoms with Crippen LogP contribution in [-0.4, -0.2) is 49.7 Å². The summed E-state index contributed by atoms with van der Waals surface area (Å²) in [5.41, 5.74) is 0. The van der Waals surface area contributed by atoms with Gasteiger partial charge in [0.2, 0.25) is 5.91 Å². The number of rotatable bonds is 7. The first-order chi connectivity index (χ1) is 7.52. The summed E-state index contributed by atoms with van der Waals surface area (Å²) in [7, 11) is 1.47. The van der Waals surface area contributed by atoms with E-state index in [-0.39, 0.29) is 30.9 Å². The molecule has 0 aromatic carbocycles. The van der Waals surface area contributed by atoms with E-state index in [2.05, 4.69) is 0 Å². The molecule has 0 radical (unpaired) electrons. The second kappa shape index (κ2) is 8.10. The molecular weight excluding hydrogens is 210 g/mol. The molecule has 0 heterocycles. The number of methoxy groups -OCH3 is 1. The Hall–Kier alpha value is -1.10. The van der Waals surface area contributed by atoms with E-state index >= 15 is 0 Å². The Balaban J connectivity index is 4.13. The third-order valence-corrected chi connectivity index (χ3v) is 2.07. The van der Waals surface area contributed by atoms with Crippen molar-refractivity contribution in [3.8, 4) is 0 Å². The Labute approximate surface area is 96.7 Å². The lowest BCUT2D eigenvalue weighted by molar-refractivity contribution is -0.145. The maximum Gasteiger partial charge on any atom is 0.307 e. The van der Waals surface area contributed by atoms with Gasteiger partial charge in [-0.05, 0) is 20.8 Å². The zero-order valence-electron chi connectivity index (χ0n) is 10.5. The fourth-order valence-corrected chi connectivity index (χ4v) is 1.32. The first kappa shape index (κ1) is 14.9. The molecule has 0 bridgehead atoms. The molecule has 5 nitrogen and oxygen atoms in total. The summed E-state index contributed by atoms with van der Waals surface area (Å²) in [5.74, 6) is -0.389. The Kier molecular flexibility index (Phi) is 7.54. The van der Waals surface area contributed by atoms with Crippen molar-refractivity contribution in [3.63, 3.8) is 0 Å². The van der Waals surface area contributed by atoms with Crippen molar-refractivity contribution in [2.45, 2.75) is 33.2 Å². The molecule has 0 aromatic rings. The van der Waals surface area contributed by atoms with E-state index < -0.39 is 0 Å². The molecule has 0 aliphatic carbocycles. The fourth-order valence-electron chi connectivity index (χ4n) is 1.32. The van der Waals surface area contributed by atoms with E-state index in [0.29, 0.717) is 13.2 Å². The summed E-state index contributed by atoms with van der Waals surface area (Å²) < 4.78 is 9.59. The zero-order valence-corrected chi connectivity index (χ0v) is 10.5. The van der Waals surface area contributed by atoms with Crippen LogP contribution in [0.25, 0.3) is 0 Å². The third kappa shape index (κ3) is 5.70. The maximum atomic E-state index is 11.6. The highest BCUT2D eigenvalue weighted by Gasteiger charge is 2.17. The highest BCUT2D eigenvalue weighted by molar-refractivity contribution is 5.78. The molecule has 94 valence electrons. The van der Waals surface area contributed by atoms with Crippen molar-refractivity contribution in [3.05, 3.63) is 0 Å². The smallest absolute Gasteiger partial charge is 0.307 e. The van der Waals surface area contributed by atoms with Crippen molar-refractivity contribution in [1.82, 2.24) is 4.90 Å². The van der Waals surface area contributed by atoms with Crippen LogP contribution in [0.1, 0.15) is 27.2 Å². The largest absolute Gasteiger partial charge is 0.466 e. The van der Waals surface area contributed by atoms with Crippen molar-refractivity contribution >= 4 is 11.9 Å². The normalized spacial score (nSPS) is 10.3. The first-order valence-electron chi connectivity index (χ1n) is 5.46. The molecule has 0 fully saturated rings. The molecule has 0 spiro atoms. The summed E-state index contributed by atoms with van der Waals surface area (Å²) in [4.78, 5) is 24.4. The highest BCUT2D eigenvalue weighted by atomic mass is 16.5. The Morgan fingerprint density at radius 2 is 1.94 bits per heavy atom. The topological polar surface area (TPSA) is 55.8 Å². The van der Waals surface area contributed by atoms with Gasteiger partial charge in [0, 0.05) is 19.7 Å². The van der Waals surface area contributed by atoms with Gasteiger partial charge < -0.3 is 14.4 Å². The van der Waals surface area contributed by atoms with Crippen LogP contribution in [0.5, 0.6) is 0 Å². The second-order valence-electron chi connectivity index (χ2n) is 3.67. The molecular formula is C11H21NO4. The summed E-state index contributed by atoms with van der Waals surface area (Å²) in [6, 6.07) is 0.0528. The van der Waals surface area contributed by atoms with Gasteiger partial charge in [-0.2, -0.15) is 0 Å². The van der Waals surface area contributed by atoms with Crippen molar-refractivity contribution in [2.24, 2.45) is 0 Å². The van der Waals surface area contributed by atoms with E-state index in [4.69, 9.17) is 9.47 Å². The molecule has 1 amide bonds. The fraction of sp³-hybridized carbons (Fsp3) is 0.818. The number of esters is 1. The quantitative estimate of drug-likeness (QED) is 0.609. The van der Waals surface area contributed by atoms with Crippen LogP contribution in [0.2, 0.25) is 0 Å². The molecule has 0 saturated heterocycles. The minimum atomic E-state index is -0.279. The lowest BCUT2D eigenvalue weighted by Gasteiger charge is -2.26. The van der Waals surface area contributed by atoms with E-state index in [1.165, 1.54) is 7.11 Å². The maximum absolute atomic E-state index is 11.6. The monoisotopic (exact) mass is 231 g/mol. The van der Waals surface area contributed by atoms with Gasteiger partial charge in [-0.25, -0.2) is 0 Å². The van der Waals surface area contributed by atoms with Crippen molar-refractivity contribution in [1.29, 1.82) is 0 Å². The van der Waals surface area contributed by atoms with Crippen molar-refractivity contribution in [2.75, 3.05) is 26.9 Å². The van der Waals surface area contributed by atoms with Gasteiger partial charge in [0.15, 0.2) is 0 Å². The minimum absolute atomic E-state index is 0.0427. The molecule has 0 aliphatic rings. The SMILES string of the molecule is CCOC(=O)CCN(C(=O)COC)C(C)C. The summed E-state index contributed by atoms with van der Waals surface area (Å²) in [5, 5.41) is 0. The summed E-state index contributed by atoms with van der Waals surface area (Å²) in [6.45, 7) is 6.35. The molecule has 0 N–H and O–H groups in total. The average Bonchev–Trinajstić information content (AvgIpc) is 2.18. The van der Waals surface area contributed by atoms with Gasteiger partial charge in [-0.1, -0.05) is 0 Å². The zero-order chi connectivity index (χ0) is 12.6. The second-order valence-corrected chi connectivity index (χ2v) is 3.67. The van der Waals surface area contributed by atoms with Crippen LogP contribution in [0.4, 0.5) is 0 Å².